The average Bonchev–Trinajstić information content (AvgIpc) is 2.49. The Labute approximate surface area is 137 Å². The van der Waals surface area contributed by atoms with Gasteiger partial charge in [0.25, 0.3) is 5.91 Å². The van der Waals surface area contributed by atoms with Crippen molar-refractivity contribution in [3.8, 4) is 0 Å². The van der Waals surface area contributed by atoms with Crippen LogP contribution in [-0.2, 0) is 6.42 Å². The Morgan fingerprint density at radius 1 is 1.24 bits per heavy atom. The minimum absolute atomic E-state index is 0.00655. The van der Waals surface area contributed by atoms with Crippen molar-refractivity contribution in [1.82, 2.24) is 5.32 Å². The van der Waals surface area contributed by atoms with Crippen molar-refractivity contribution in [3.05, 3.63) is 68.7 Å². The van der Waals surface area contributed by atoms with Crippen LogP contribution in [0.2, 0.25) is 0 Å². The van der Waals surface area contributed by atoms with Gasteiger partial charge >= 0.3 is 0 Å². The lowest BCUT2D eigenvalue weighted by atomic mass is 9.94. The second kappa shape index (κ2) is 5.82. The third-order valence-corrected chi connectivity index (χ3v) is 4.85. The fourth-order valence-corrected chi connectivity index (χ4v) is 3.40. The summed E-state index contributed by atoms with van der Waals surface area (Å²) in [6.07, 6.45) is 0.879. The molecule has 1 unspecified atom stereocenters. The molecule has 108 valence electrons. The molecule has 2 nitrogen and oxygen atoms in total. The van der Waals surface area contributed by atoms with Gasteiger partial charge in [0.05, 0.1) is 5.38 Å². The number of fused-ring (bicyclic) bond motifs is 1. The van der Waals surface area contributed by atoms with Crippen LogP contribution in [0.3, 0.4) is 0 Å². The molecule has 0 aromatic heterocycles. The molecule has 0 saturated heterocycles. The highest BCUT2D eigenvalue weighted by Gasteiger charge is 2.20. The standard InChI is InChI=1S/C17H15BrClNO/c1-10-2-5-13(18)9-14(10)16(19)12-4-3-11-6-7-20-17(21)15(11)8-12/h2-5,8-9,16H,6-7H2,1H3,(H,20,21). The van der Waals surface area contributed by atoms with Crippen LogP contribution in [0, 0.1) is 6.92 Å². The Hall–Kier alpha value is -1.32. The maximum absolute atomic E-state index is 12.0. The molecule has 2 aromatic rings. The Kier molecular flexibility index (Phi) is 4.05. The summed E-state index contributed by atoms with van der Waals surface area (Å²) in [5.74, 6) is -0.00655. The Morgan fingerprint density at radius 3 is 2.86 bits per heavy atom. The van der Waals surface area contributed by atoms with Crippen LogP contribution in [0.15, 0.2) is 40.9 Å². The minimum atomic E-state index is -0.262. The van der Waals surface area contributed by atoms with Crippen LogP contribution in [0.5, 0.6) is 0 Å². The van der Waals surface area contributed by atoms with Crippen LogP contribution in [0.1, 0.15) is 38.0 Å². The molecule has 1 amide bonds. The fraction of sp³-hybridized carbons (Fsp3) is 0.235. The average molecular weight is 365 g/mol. The van der Waals surface area contributed by atoms with Crippen molar-refractivity contribution in [3.63, 3.8) is 0 Å². The first-order valence-corrected chi connectivity index (χ1v) is 8.10. The van der Waals surface area contributed by atoms with E-state index >= 15 is 0 Å². The summed E-state index contributed by atoms with van der Waals surface area (Å²) in [5, 5.41) is 2.61. The van der Waals surface area contributed by atoms with E-state index in [0.29, 0.717) is 6.54 Å². The molecule has 0 bridgehead atoms. The van der Waals surface area contributed by atoms with E-state index in [1.165, 1.54) is 0 Å². The lowest BCUT2D eigenvalue weighted by Crippen LogP contribution is -2.31. The SMILES string of the molecule is Cc1ccc(Br)cc1C(Cl)c1ccc2c(c1)C(=O)NCC2. The lowest BCUT2D eigenvalue weighted by molar-refractivity contribution is 0.0946. The summed E-state index contributed by atoms with van der Waals surface area (Å²) in [4.78, 5) is 12.0. The third kappa shape index (κ3) is 2.85. The van der Waals surface area contributed by atoms with Crippen LogP contribution in [-0.4, -0.2) is 12.5 Å². The van der Waals surface area contributed by atoms with Crippen LogP contribution in [0.25, 0.3) is 0 Å². The minimum Gasteiger partial charge on any atom is -0.352 e. The summed E-state index contributed by atoms with van der Waals surface area (Å²) < 4.78 is 1.00. The highest BCUT2D eigenvalue weighted by Crippen LogP contribution is 2.34. The Bertz CT molecular complexity index is 714. The van der Waals surface area contributed by atoms with Crippen molar-refractivity contribution < 1.29 is 4.79 Å². The first-order valence-electron chi connectivity index (χ1n) is 6.87. The lowest BCUT2D eigenvalue weighted by Gasteiger charge is -2.19. The molecule has 1 N–H and O–H groups in total. The molecule has 0 saturated carbocycles. The quantitative estimate of drug-likeness (QED) is 0.788. The summed E-state index contributed by atoms with van der Waals surface area (Å²) in [7, 11) is 0. The molecule has 1 aliphatic rings. The molecule has 0 radical (unpaired) electrons. The van der Waals surface area contributed by atoms with Crippen molar-refractivity contribution in [2.24, 2.45) is 0 Å². The molecule has 1 aliphatic heterocycles. The van der Waals surface area contributed by atoms with Crippen LogP contribution < -0.4 is 5.32 Å². The van der Waals surface area contributed by atoms with E-state index in [9.17, 15) is 4.79 Å². The topological polar surface area (TPSA) is 29.1 Å². The second-order valence-electron chi connectivity index (χ2n) is 5.29. The first-order chi connectivity index (χ1) is 10.1. The zero-order valence-electron chi connectivity index (χ0n) is 11.6. The van der Waals surface area contributed by atoms with Gasteiger partial charge in [0, 0.05) is 16.6 Å². The number of aryl methyl sites for hydroxylation is 1. The summed E-state index contributed by atoms with van der Waals surface area (Å²) in [6.45, 7) is 2.75. The molecule has 0 fully saturated rings. The van der Waals surface area contributed by atoms with Gasteiger partial charge in [0.1, 0.15) is 0 Å². The summed E-state index contributed by atoms with van der Waals surface area (Å²) in [5.41, 5.74) is 4.99. The number of halogens is 2. The highest BCUT2D eigenvalue weighted by atomic mass is 79.9. The van der Waals surface area contributed by atoms with Crippen LogP contribution >= 0.6 is 27.5 Å². The Balaban J connectivity index is 2.02. The van der Waals surface area contributed by atoms with E-state index in [0.717, 1.165) is 38.7 Å². The van der Waals surface area contributed by atoms with Gasteiger partial charge in [-0.2, -0.15) is 0 Å². The molecular formula is C17H15BrClNO. The molecule has 1 heterocycles. The summed E-state index contributed by atoms with van der Waals surface area (Å²) >= 11 is 10.1. The molecular weight excluding hydrogens is 350 g/mol. The van der Waals surface area contributed by atoms with Gasteiger partial charge in [0.15, 0.2) is 0 Å². The highest BCUT2D eigenvalue weighted by molar-refractivity contribution is 9.10. The number of alkyl halides is 1. The van der Waals surface area contributed by atoms with E-state index in [1.54, 1.807) is 0 Å². The van der Waals surface area contributed by atoms with E-state index < -0.39 is 0 Å². The molecule has 0 spiro atoms. The smallest absolute Gasteiger partial charge is 0.251 e. The number of carbonyl (C=O) groups is 1. The third-order valence-electron chi connectivity index (χ3n) is 3.87. The largest absolute Gasteiger partial charge is 0.352 e. The predicted molar refractivity (Wildman–Crippen MR) is 89.1 cm³/mol. The number of amides is 1. The number of benzene rings is 2. The van der Waals surface area contributed by atoms with E-state index in [4.69, 9.17) is 11.6 Å². The monoisotopic (exact) mass is 363 g/mol. The van der Waals surface area contributed by atoms with E-state index in [2.05, 4.69) is 21.2 Å². The van der Waals surface area contributed by atoms with Gasteiger partial charge in [-0.25, -0.2) is 0 Å². The number of hydrogen-bond donors (Lipinski definition) is 1. The van der Waals surface area contributed by atoms with Gasteiger partial charge in [0.2, 0.25) is 0 Å². The summed E-state index contributed by atoms with van der Waals surface area (Å²) in [6, 6.07) is 12.0. The molecule has 21 heavy (non-hydrogen) atoms. The van der Waals surface area contributed by atoms with Gasteiger partial charge in [-0.05, 0) is 53.8 Å². The van der Waals surface area contributed by atoms with Crippen molar-refractivity contribution in [1.29, 1.82) is 0 Å². The second-order valence-corrected chi connectivity index (χ2v) is 6.64. The van der Waals surface area contributed by atoms with Gasteiger partial charge in [-0.3, -0.25) is 4.79 Å². The number of rotatable bonds is 2. The normalized spacial score (nSPS) is 15.3. The maximum Gasteiger partial charge on any atom is 0.251 e. The molecule has 0 aliphatic carbocycles. The van der Waals surface area contributed by atoms with Gasteiger partial charge in [-0.1, -0.05) is 34.1 Å². The first kappa shape index (κ1) is 14.6. The molecule has 1 atom stereocenters. The predicted octanol–water partition coefficient (Wildman–Crippen LogP) is 4.37. The van der Waals surface area contributed by atoms with Crippen LogP contribution in [0.4, 0.5) is 0 Å². The Morgan fingerprint density at radius 2 is 2.05 bits per heavy atom. The van der Waals surface area contributed by atoms with Crippen molar-refractivity contribution in [2.45, 2.75) is 18.7 Å². The van der Waals surface area contributed by atoms with Gasteiger partial charge < -0.3 is 5.32 Å². The fourth-order valence-electron chi connectivity index (χ4n) is 2.65. The van der Waals surface area contributed by atoms with Crippen molar-refractivity contribution >= 4 is 33.4 Å². The number of hydrogen-bond acceptors (Lipinski definition) is 1. The van der Waals surface area contributed by atoms with E-state index in [1.807, 2.05) is 43.3 Å². The zero-order valence-corrected chi connectivity index (χ0v) is 14.0. The molecule has 2 aromatic carbocycles. The van der Waals surface area contributed by atoms with Crippen molar-refractivity contribution in [2.75, 3.05) is 6.54 Å². The molecule has 4 heteroatoms. The maximum atomic E-state index is 12.0. The van der Waals surface area contributed by atoms with E-state index in [-0.39, 0.29) is 11.3 Å². The zero-order chi connectivity index (χ0) is 15.0. The van der Waals surface area contributed by atoms with Gasteiger partial charge in [-0.15, -0.1) is 11.6 Å². The number of carbonyl (C=O) groups excluding carboxylic acids is 1. The number of nitrogens with one attached hydrogen (secondary N) is 1. The molecule has 3 rings (SSSR count).